The van der Waals surface area contributed by atoms with Crippen molar-refractivity contribution >= 4 is 17.8 Å². The Balaban J connectivity index is 1.98. The van der Waals surface area contributed by atoms with E-state index < -0.39 is 0 Å². The van der Waals surface area contributed by atoms with Gasteiger partial charge in [-0.3, -0.25) is 9.59 Å². The molecule has 0 aliphatic carbocycles. The van der Waals surface area contributed by atoms with E-state index in [1.165, 1.54) is 0 Å². The molecule has 0 saturated carbocycles. The zero-order chi connectivity index (χ0) is 18.9. The summed E-state index contributed by atoms with van der Waals surface area (Å²) in [6, 6.07) is 10.1. The molecule has 1 aliphatic heterocycles. The smallest absolute Gasteiger partial charge is 0.241 e. The third-order valence-electron chi connectivity index (χ3n) is 4.35. The van der Waals surface area contributed by atoms with Gasteiger partial charge in [-0.05, 0) is 12.0 Å². The fourth-order valence-electron chi connectivity index (χ4n) is 2.75. The minimum atomic E-state index is -0.0200. The third-order valence-corrected chi connectivity index (χ3v) is 4.35. The van der Waals surface area contributed by atoms with Crippen LogP contribution in [0.25, 0.3) is 0 Å². The van der Waals surface area contributed by atoms with E-state index in [1.807, 2.05) is 42.2 Å². The van der Waals surface area contributed by atoms with Gasteiger partial charge >= 0.3 is 0 Å². The molecule has 1 saturated heterocycles. The van der Waals surface area contributed by atoms with Crippen molar-refractivity contribution in [2.45, 2.75) is 32.4 Å². The van der Waals surface area contributed by atoms with Gasteiger partial charge in [0.25, 0.3) is 0 Å². The minimum Gasteiger partial charge on any atom is -0.352 e. The summed E-state index contributed by atoms with van der Waals surface area (Å²) in [6.45, 7) is 4.01. The molecule has 1 aromatic rings. The number of likely N-dealkylation sites (tertiary alicyclic amines) is 1. The molecule has 26 heavy (non-hydrogen) atoms. The topological polar surface area (TPSA) is 77.0 Å². The number of nitrogens with one attached hydrogen (secondary N) is 2. The van der Waals surface area contributed by atoms with Crippen molar-refractivity contribution in [2.75, 3.05) is 33.7 Å². The van der Waals surface area contributed by atoms with Crippen LogP contribution in [-0.2, 0) is 16.1 Å². The maximum atomic E-state index is 11.9. The zero-order valence-corrected chi connectivity index (χ0v) is 15.9. The average molecular weight is 359 g/mol. The molecule has 142 valence electrons. The van der Waals surface area contributed by atoms with Crippen LogP contribution in [0, 0.1) is 0 Å². The first-order valence-electron chi connectivity index (χ1n) is 9.06. The first-order chi connectivity index (χ1) is 12.5. The molecule has 0 bridgehead atoms. The van der Waals surface area contributed by atoms with Crippen molar-refractivity contribution in [3.05, 3.63) is 35.9 Å². The van der Waals surface area contributed by atoms with Gasteiger partial charge in [-0.2, -0.15) is 0 Å². The Morgan fingerprint density at radius 1 is 1.27 bits per heavy atom. The molecule has 1 fully saturated rings. The standard InChI is InChI=1S/C19H29N5O2/c1-4-17(25)24-11-10-16(14-24)22-19(21-13-18(26)23(2)3)20-12-15-8-6-5-7-9-15/h5-9,16H,4,10-14H2,1-3H3,(H2,20,21,22). The van der Waals surface area contributed by atoms with Crippen LogP contribution in [0.15, 0.2) is 35.3 Å². The molecule has 0 radical (unpaired) electrons. The summed E-state index contributed by atoms with van der Waals surface area (Å²) in [7, 11) is 3.45. The first kappa shape index (κ1) is 19.8. The largest absolute Gasteiger partial charge is 0.352 e. The normalized spacial score (nSPS) is 17.1. The van der Waals surface area contributed by atoms with E-state index in [9.17, 15) is 9.59 Å². The maximum absolute atomic E-state index is 11.9. The van der Waals surface area contributed by atoms with Gasteiger partial charge in [0.05, 0.1) is 13.1 Å². The van der Waals surface area contributed by atoms with Crippen molar-refractivity contribution in [2.24, 2.45) is 4.99 Å². The van der Waals surface area contributed by atoms with Crippen LogP contribution in [0.2, 0.25) is 0 Å². The summed E-state index contributed by atoms with van der Waals surface area (Å²) < 4.78 is 0. The van der Waals surface area contributed by atoms with E-state index in [1.54, 1.807) is 19.0 Å². The van der Waals surface area contributed by atoms with Gasteiger partial charge in [0.2, 0.25) is 11.8 Å². The van der Waals surface area contributed by atoms with Gasteiger partial charge in [0.1, 0.15) is 0 Å². The lowest BCUT2D eigenvalue weighted by Crippen LogP contribution is -2.47. The number of rotatable bonds is 6. The van der Waals surface area contributed by atoms with E-state index in [4.69, 9.17) is 0 Å². The van der Waals surface area contributed by atoms with Gasteiger partial charge in [0.15, 0.2) is 5.96 Å². The van der Waals surface area contributed by atoms with Crippen molar-refractivity contribution in [3.8, 4) is 0 Å². The summed E-state index contributed by atoms with van der Waals surface area (Å²) in [6.07, 6.45) is 1.40. The van der Waals surface area contributed by atoms with Crippen molar-refractivity contribution in [3.63, 3.8) is 0 Å². The lowest BCUT2D eigenvalue weighted by atomic mass is 10.2. The molecule has 2 rings (SSSR count). The molecule has 1 unspecified atom stereocenters. The molecule has 7 heteroatoms. The van der Waals surface area contributed by atoms with Crippen molar-refractivity contribution < 1.29 is 9.59 Å². The summed E-state index contributed by atoms with van der Waals surface area (Å²) in [5.41, 5.74) is 1.10. The number of aliphatic imine (C=N–C) groups is 1. The minimum absolute atomic E-state index is 0.0200. The molecular weight excluding hydrogens is 330 g/mol. The first-order valence-corrected chi connectivity index (χ1v) is 9.06. The number of nitrogens with zero attached hydrogens (tertiary/aromatic N) is 3. The second-order valence-electron chi connectivity index (χ2n) is 6.62. The fourth-order valence-corrected chi connectivity index (χ4v) is 2.75. The molecule has 1 aliphatic rings. The van der Waals surface area contributed by atoms with E-state index >= 15 is 0 Å². The molecule has 1 atom stereocenters. The van der Waals surface area contributed by atoms with E-state index in [0.717, 1.165) is 18.5 Å². The van der Waals surface area contributed by atoms with Crippen molar-refractivity contribution in [1.29, 1.82) is 0 Å². The summed E-state index contributed by atoms with van der Waals surface area (Å²) in [5.74, 6) is 0.751. The number of hydrogen-bond donors (Lipinski definition) is 2. The molecule has 1 aromatic carbocycles. The van der Waals surface area contributed by atoms with Crippen LogP contribution < -0.4 is 10.6 Å². The van der Waals surface area contributed by atoms with Gasteiger partial charge in [-0.15, -0.1) is 0 Å². The highest BCUT2D eigenvalue weighted by molar-refractivity contribution is 5.86. The Hall–Kier alpha value is -2.57. The fraction of sp³-hybridized carbons (Fsp3) is 0.526. The predicted octanol–water partition coefficient (Wildman–Crippen LogP) is 0.821. The number of carbonyl (C=O) groups excluding carboxylic acids is 2. The second kappa shape index (κ2) is 9.79. The van der Waals surface area contributed by atoms with Gasteiger partial charge in [0, 0.05) is 39.6 Å². The van der Waals surface area contributed by atoms with Crippen LogP contribution in [-0.4, -0.2) is 67.3 Å². The van der Waals surface area contributed by atoms with E-state index in [-0.39, 0.29) is 24.4 Å². The monoisotopic (exact) mass is 359 g/mol. The Morgan fingerprint density at radius 2 is 2.00 bits per heavy atom. The summed E-state index contributed by atoms with van der Waals surface area (Å²) in [5, 5.41) is 6.46. The zero-order valence-electron chi connectivity index (χ0n) is 15.9. The van der Waals surface area contributed by atoms with Crippen molar-refractivity contribution in [1.82, 2.24) is 20.4 Å². The lowest BCUT2D eigenvalue weighted by molar-refractivity contribution is -0.130. The number of benzene rings is 1. The Labute approximate surface area is 155 Å². The Bertz CT molecular complexity index is 630. The van der Waals surface area contributed by atoms with Gasteiger partial charge in [-0.25, -0.2) is 4.99 Å². The molecule has 2 N–H and O–H groups in total. The SMILES string of the molecule is CCC(=O)N1CCC(NC(=NCc2ccccc2)NCC(=O)N(C)C)C1. The van der Waals surface area contributed by atoms with Gasteiger partial charge in [-0.1, -0.05) is 37.3 Å². The second-order valence-corrected chi connectivity index (χ2v) is 6.62. The quantitative estimate of drug-likeness (QED) is 0.582. The molecular formula is C19H29N5O2. The number of likely N-dealkylation sites (N-methyl/N-ethyl adjacent to an activating group) is 1. The molecule has 7 nitrogen and oxygen atoms in total. The van der Waals surface area contributed by atoms with Crippen LogP contribution in [0.4, 0.5) is 0 Å². The van der Waals surface area contributed by atoms with Gasteiger partial charge < -0.3 is 20.4 Å². The maximum Gasteiger partial charge on any atom is 0.241 e. The summed E-state index contributed by atoms with van der Waals surface area (Å²) in [4.78, 5) is 31.7. The van der Waals surface area contributed by atoms with Crippen LogP contribution in [0.1, 0.15) is 25.3 Å². The number of guanidine groups is 1. The predicted molar refractivity (Wildman–Crippen MR) is 103 cm³/mol. The highest BCUT2D eigenvalue weighted by atomic mass is 16.2. The average Bonchev–Trinajstić information content (AvgIpc) is 3.12. The number of hydrogen-bond acceptors (Lipinski definition) is 3. The molecule has 1 heterocycles. The highest BCUT2D eigenvalue weighted by Gasteiger charge is 2.26. The van der Waals surface area contributed by atoms with E-state index in [0.29, 0.717) is 25.5 Å². The van der Waals surface area contributed by atoms with Crippen LogP contribution >= 0.6 is 0 Å². The Kier molecular flexibility index (Phi) is 7.44. The highest BCUT2D eigenvalue weighted by Crippen LogP contribution is 2.10. The van der Waals surface area contributed by atoms with Crippen LogP contribution in [0.3, 0.4) is 0 Å². The molecule has 0 spiro atoms. The van der Waals surface area contributed by atoms with Crippen LogP contribution in [0.5, 0.6) is 0 Å². The summed E-state index contributed by atoms with van der Waals surface area (Å²) >= 11 is 0. The van der Waals surface area contributed by atoms with E-state index in [2.05, 4.69) is 15.6 Å². The lowest BCUT2D eigenvalue weighted by Gasteiger charge is -2.19. The third kappa shape index (κ3) is 6.06. The Morgan fingerprint density at radius 3 is 2.65 bits per heavy atom. The number of amides is 2. The number of carbonyl (C=O) groups is 2. The molecule has 2 amide bonds. The molecule has 0 aromatic heterocycles.